The fourth-order valence-electron chi connectivity index (χ4n) is 2.39. The number of nitrogens with two attached hydrogens (primary N) is 1. The molecule has 1 unspecified atom stereocenters. The summed E-state index contributed by atoms with van der Waals surface area (Å²) in [5.74, 6) is -0.371. The predicted molar refractivity (Wildman–Crippen MR) is 88.3 cm³/mol. The normalized spacial score (nSPS) is 12.6. The minimum Gasteiger partial charge on any atom is -0.366 e. The van der Waals surface area contributed by atoms with Gasteiger partial charge in [0.1, 0.15) is 0 Å². The van der Waals surface area contributed by atoms with Crippen molar-refractivity contribution >= 4 is 5.91 Å². The molecule has 0 aliphatic heterocycles. The molecule has 3 N–H and O–H groups in total. The Kier molecular flexibility index (Phi) is 8.01. The Morgan fingerprint density at radius 2 is 2.05 bits per heavy atom. The lowest BCUT2D eigenvalue weighted by atomic mass is 10.1. The van der Waals surface area contributed by atoms with Gasteiger partial charge in [0, 0.05) is 18.2 Å². The highest BCUT2D eigenvalue weighted by Crippen LogP contribution is 2.06. The summed E-state index contributed by atoms with van der Waals surface area (Å²) in [6.07, 6.45) is 2.36. The molecule has 0 heterocycles. The predicted octanol–water partition coefficient (Wildman–Crippen LogP) is 2.39. The first-order valence-electron chi connectivity index (χ1n) is 7.91. The molecule has 0 aliphatic carbocycles. The second kappa shape index (κ2) is 9.53. The Hall–Kier alpha value is -1.39. The quantitative estimate of drug-likeness (QED) is 0.696. The van der Waals surface area contributed by atoms with Crippen LogP contribution in [0, 0.1) is 0 Å². The average molecular weight is 291 g/mol. The average Bonchev–Trinajstić information content (AvgIpc) is 2.50. The molecule has 0 saturated carbocycles. The highest BCUT2D eigenvalue weighted by Gasteiger charge is 2.05. The number of rotatable bonds is 10. The van der Waals surface area contributed by atoms with Crippen LogP contribution in [-0.4, -0.2) is 36.5 Å². The molecule has 0 spiro atoms. The van der Waals surface area contributed by atoms with Crippen molar-refractivity contribution in [3.05, 3.63) is 35.4 Å². The van der Waals surface area contributed by atoms with Gasteiger partial charge in [-0.3, -0.25) is 4.79 Å². The van der Waals surface area contributed by atoms with Gasteiger partial charge in [0.25, 0.3) is 0 Å². The van der Waals surface area contributed by atoms with E-state index in [0.717, 1.165) is 38.2 Å². The molecule has 4 nitrogen and oxygen atoms in total. The fraction of sp³-hybridized carbons (Fsp3) is 0.588. The van der Waals surface area contributed by atoms with Gasteiger partial charge in [-0.1, -0.05) is 26.0 Å². The highest BCUT2D eigenvalue weighted by atomic mass is 16.1. The van der Waals surface area contributed by atoms with E-state index in [2.05, 4.69) is 31.0 Å². The summed E-state index contributed by atoms with van der Waals surface area (Å²) < 4.78 is 0. The Labute approximate surface area is 128 Å². The summed E-state index contributed by atoms with van der Waals surface area (Å²) in [5, 5.41) is 3.50. The molecule has 1 aromatic carbocycles. The van der Waals surface area contributed by atoms with Gasteiger partial charge in [0.05, 0.1) is 0 Å². The molecule has 0 aliphatic rings. The zero-order valence-electron chi connectivity index (χ0n) is 13.6. The Bertz CT molecular complexity index is 430. The van der Waals surface area contributed by atoms with Crippen molar-refractivity contribution in [1.82, 2.24) is 10.2 Å². The van der Waals surface area contributed by atoms with E-state index in [-0.39, 0.29) is 5.91 Å². The van der Waals surface area contributed by atoms with Gasteiger partial charge in [-0.25, -0.2) is 0 Å². The molecule has 0 saturated heterocycles. The number of hydrogen-bond donors (Lipinski definition) is 2. The van der Waals surface area contributed by atoms with Crippen LogP contribution in [0.3, 0.4) is 0 Å². The smallest absolute Gasteiger partial charge is 0.248 e. The zero-order chi connectivity index (χ0) is 15.7. The van der Waals surface area contributed by atoms with Crippen LogP contribution in [0.4, 0.5) is 0 Å². The number of nitrogens with one attached hydrogen (secondary N) is 1. The van der Waals surface area contributed by atoms with Crippen LogP contribution in [0.1, 0.15) is 49.5 Å². The van der Waals surface area contributed by atoms with Crippen LogP contribution in [0.25, 0.3) is 0 Å². The third kappa shape index (κ3) is 6.74. The number of carbonyl (C=O) groups is 1. The Morgan fingerprint density at radius 1 is 1.33 bits per heavy atom. The van der Waals surface area contributed by atoms with E-state index in [4.69, 9.17) is 5.73 Å². The second-order valence-corrected chi connectivity index (χ2v) is 5.52. The molecular formula is C17H29N3O. The number of carbonyl (C=O) groups excluding carboxylic acids is 1. The molecule has 0 fully saturated rings. The first kappa shape index (κ1) is 17.7. The molecule has 118 valence electrons. The SMILES string of the molecule is CCN(CC)CCCC(C)NCc1cccc(C(N)=O)c1. The molecule has 1 aromatic rings. The molecule has 0 radical (unpaired) electrons. The molecular weight excluding hydrogens is 262 g/mol. The fourth-order valence-corrected chi connectivity index (χ4v) is 2.39. The van der Waals surface area contributed by atoms with Crippen molar-refractivity contribution in [3.63, 3.8) is 0 Å². The minimum atomic E-state index is -0.371. The molecule has 21 heavy (non-hydrogen) atoms. The van der Waals surface area contributed by atoms with Gasteiger partial charge < -0.3 is 16.0 Å². The first-order chi connectivity index (χ1) is 10.1. The van der Waals surface area contributed by atoms with E-state index in [9.17, 15) is 4.79 Å². The highest BCUT2D eigenvalue weighted by molar-refractivity contribution is 5.92. The van der Waals surface area contributed by atoms with E-state index < -0.39 is 0 Å². The van der Waals surface area contributed by atoms with Crippen LogP contribution in [-0.2, 0) is 6.54 Å². The van der Waals surface area contributed by atoms with Crippen LogP contribution in [0.5, 0.6) is 0 Å². The number of nitrogens with zero attached hydrogens (tertiary/aromatic N) is 1. The van der Waals surface area contributed by atoms with Crippen LogP contribution in [0.2, 0.25) is 0 Å². The van der Waals surface area contributed by atoms with Gasteiger partial charge in [-0.15, -0.1) is 0 Å². The van der Waals surface area contributed by atoms with Crippen molar-refractivity contribution in [1.29, 1.82) is 0 Å². The summed E-state index contributed by atoms with van der Waals surface area (Å²) in [6.45, 7) is 10.8. The maximum Gasteiger partial charge on any atom is 0.248 e. The van der Waals surface area contributed by atoms with Crippen LogP contribution in [0.15, 0.2) is 24.3 Å². The van der Waals surface area contributed by atoms with E-state index in [1.807, 2.05) is 18.2 Å². The summed E-state index contributed by atoms with van der Waals surface area (Å²) in [5.41, 5.74) is 6.97. The Morgan fingerprint density at radius 3 is 2.67 bits per heavy atom. The van der Waals surface area contributed by atoms with E-state index in [1.54, 1.807) is 6.07 Å². The van der Waals surface area contributed by atoms with E-state index in [0.29, 0.717) is 11.6 Å². The van der Waals surface area contributed by atoms with Crippen LogP contribution < -0.4 is 11.1 Å². The van der Waals surface area contributed by atoms with Gasteiger partial charge in [0.15, 0.2) is 0 Å². The van der Waals surface area contributed by atoms with Crippen molar-refractivity contribution < 1.29 is 4.79 Å². The van der Waals surface area contributed by atoms with E-state index in [1.165, 1.54) is 6.42 Å². The maximum atomic E-state index is 11.2. The number of primary amides is 1. The topological polar surface area (TPSA) is 58.4 Å². The Balaban J connectivity index is 2.31. The molecule has 1 amide bonds. The largest absolute Gasteiger partial charge is 0.366 e. The molecule has 1 rings (SSSR count). The monoisotopic (exact) mass is 291 g/mol. The molecule has 4 heteroatoms. The molecule has 0 aromatic heterocycles. The summed E-state index contributed by atoms with van der Waals surface area (Å²) in [6, 6.07) is 7.97. The number of amides is 1. The number of benzene rings is 1. The standard InChI is InChI=1S/C17H29N3O/c1-4-20(5-2)11-7-8-14(3)19-13-15-9-6-10-16(12-15)17(18)21/h6,9-10,12,14,19H,4-5,7-8,11,13H2,1-3H3,(H2,18,21). The lowest BCUT2D eigenvalue weighted by Gasteiger charge is -2.19. The summed E-state index contributed by atoms with van der Waals surface area (Å²) in [7, 11) is 0. The first-order valence-corrected chi connectivity index (χ1v) is 7.91. The summed E-state index contributed by atoms with van der Waals surface area (Å²) in [4.78, 5) is 13.6. The van der Waals surface area contributed by atoms with Crippen molar-refractivity contribution in [2.24, 2.45) is 5.73 Å². The van der Waals surface area contributed by atoms with Crippen LogP contribution >= 0.6 is 0 Å². The minimum absolute atomic E-state index is 0.371. The van der Waals surface area contributed by atoms with E-state index >= 15 is 0 Å². The van der Waals surface area contributed by atoms with Crippen molar-refractivity contribution in [2.45, 2.75) is 46.2 Å². The second-order valence-electron chi connectivity index (χ2n) is 5.52. The number of hydrogen-bond acceptors (Lipinski definition) is 3. The molecule has 1 atom stereocenters. The van der Waals surface area contributed by atoms with Gasteiger partial charge in [-0.05, 0) is 57.1 Å². The van der Waals surface area contributed by atoms with Crippen molar-refractivity contribution in [3.8, 4) is 0 Å². The van der Waals surface area contributed by atoms with Gasteiger partial charge in [0.2, 0.25) is 5.91 Å². The van der Waals surface area contributed by atoms with Gasteiger partial charge >= 0.3 is 0 Å². The van der Waals surface area contributed by atoms with Crippen molar-refractivity contribution in [2.75, 3.05) is 19.6 Å². The lowest BCUT2D eigenvalue weighted by Crippen LogP contribution is -2.28. The maximum absolute atomic E-state index is 11.2. The third-order valence-corrected chi connectivity index (χ3v) is 3.87. The zero-order valence-corrected chi connectivity index (χ0v) is 13.6. The molecule has 0 bridgehead atoms. The lowest BCUT2D eigenvalue weighted by molar-refractivity contribution is 0.1000. The third-order valence-electron chi connectivity index (χ3n) is 3.87. The van der Waals surface area contributed by atoms with Gasteiger partial charge in [-0.2, -0.15) is 0 Å². The summed E-state index contributed by atoms with van der Waals surface area (Å²) >= 11 is 0.